The number of carbonyl (C=O) groups excluding carboxylic acids is 2. The number of aryl methyl sites for hydroxylation is 2. The monoisotopic (exact) mass is 494 g/mol. The van der Waals surface area contributed by atoms with E-state index in [1.165, 1.54) is 12.0 Å². The highest BCUT2D eigenvalue weighted by Crippen LogP contribution is 2.30. The summed E-state index contributed by atoms with van der Waals surface area (Å²) in [6.07, 6.45) is 6.72. The van der Waals surface area contributed by atoms with E-state index in [0.29, 0.717) is 56.8 Å². The van der Waals surface area contributed by atoms with E-state index in [0.717, 1.165) is 30.4 Å². The third-order valence-electron chi connectivity index (χ3n) is 8.00. The lowest BCUT2D eigenvalue weighted by Gasteiger charge is -2.36. The van der Waals surface area contributed by atoms with Crippen LogP contribution in [-0.2, 0) is 27.7 Å². The Bertz CT molecular complexity index is 1180. The number of likely N-dealkylation sites (tertiary alicyclic amines) is 1. The van der Waals surface area contributed by atoms with Crippen molar-refractivity contribution in [3.63, 3.8) is 0 Å². The summed E-state index contributed by atoms with van der Waals surface area (Å²) in [5, 5.41) is 0. The van der Waals surface area contributed by atoms with Crippen LogP contribution in [0.3, 0.4) is 0 Å². The van der Waals surface area contributed by atoms with E-state index >= 15 is 0 Å². The minimum Gasteiger partial charge on any atom is -0.342 e. The van der Waals surface area contributed by atoms with Crippen LogP contribution in [0.2, 0.25) is 0 Å². The van der Waals surface area contributed by atoms with Crippen LogP contribution in [0, 0.1) is 11.8 Å². The number of ketones is 1. The Kier molecular flexibility index (Phi) is 7.07. The van der Waals surface area contributed by atoms with Crippen molar-refractivity contribution < 1.29 is 18.0 Å². The molecule has 2 fully saturated rings. The molecule has 6 nitrogen and oxygen atoms in total. The van der Waals surface area contributed by atoms with E-state index in [9.17, 15) is 18.0 Å². The Morgan fingerprint density at radius 1 is 0.743 bits per heavy atom. The molecule has 5 rings (SSSR count). The maximum Gasteiger partial charge on any atom is 0.243 e. The molecule has 3 aliphatic rings. The molecular formula is C28H34N2O4S. The molecule has 2 aromatic rings. The van der Waals surface area contributed by atoms with Crippen molar-refractivity contribution in [2.75, 3.05) is 26.2 Å². The molecule has 35 heavy (non-hydrogen) atoms. The van der Waals surface area contributed by atoms with Crippen LogP contribution in [0.4, 0.5) is 0 Å². The first-order chi connectivity index (χ1) is 16.9. The number of hydrogen-bond donors (Lipinski definition) is 0. The maximum atomic E-state index is 13.3. The minimum absolute atomic E-state index is 0.0370. The van der Waals surface area contributed by atoms with Gasteiger partial charge in [0.2, 0.25) is 15.9 Å². The number of benzene rings is 2. The molecule has 0 unspecified atom stereocenters. The number of amides is 1. The lowest BCUT2D eigenvalue weighted by atomic mass is 9.88. The summed E-state index contributed by atoms with van der Waals surface area (Å²) in [6.45, 7) is 1.93. The van der Waals surface area contributed by atoms with Gasteiger partial charge in [0, 0.05) is 43.6 Å². The summed E-state index contributed by atoms with van der Waals surface area (Å²) < 4.78 is 28.1. The average molecular weight is 495 g/mol. The number of piperidine rings is 2. The van der Waals surface area contributed by atoms with E-state index in [4.69, 9.17) is 0 Å². The number of fused-ring (bicyclic) bond motifs is 1. The van der Waals surface area contributed by atoms with Crippen LogP contribution < -0.4 is 0 Å². The molecule has 1 aliphatic carbocycles. The second kappa shape index (κ2) is 10.2. The van der Waals surface area contributed by atoms with Gasteiger partial charge in [-0.3, -0.25) is 9.59 Å². The molecule has 2 aromatic carbocycles. The Morgan fingerprint density at radius 2 is 1.37 bits per heavy atom. The molecule has 186 valence electrons. The topological polar surface area (TPSA) is 74.8 Å². The molecule has 2 aliphatic heterocycles. The number of rotatable bonds is 5. The summed E-state index contributed by atoms with van der Waals surface area (Å²) in [5.41, 5.74) is 3.18. The fourth-order valence-electron chi connectivity index (χ4n) is 5.82. The maximum absolute atomic E-state index is 13.3. The van der Waals surface area contributed by atoms with E-state index in [-0.39, 0.29) is 23.5 Å². The lowest BCUT2D eigenvalue weighted by molar-refractivity contribution is -0.138. The van der Waals surface area contributed by atoms with Crippen molar-refractivity contribution in [1.29, 1.82) is 0 Å². The molecule has 0 radical (unpaired) electrons. The van der Waals surface area contributed by atoms with Gasteiger partial charge in [-0.05, 0) is 74.6 Å². The molecule has 7 heteroatoms. The highest BCUT2D eigenvalue weighted by molar-refractivity contribution is 7.89. The van der Waals surface area contributed by atoms with Crippen molar-refractivity contribution >= 4 is 21.7 Å². The molecular weight excluding hydrogens is 460 g/mol. The van der Waals surface area contributed by atoms with Crippen molar-refractivity contribution in [3.8, 4) is 0 Å². The summed E-state index contributed by atoms with van der Waals surface area (Å²) >= 11 is 0. The van der Waals surface area contributed by atoms with Crippen molar-refractivity contribution in [3.05, 3.63) is 65.2 Å². The number of hydrogen-bond acceptors (Lipinski definition) is 4. The zero-order valence-corrected chi connectivity index (χ0v) is 21.0. The summed E-state index contributed by atoms with van der Waals surface area (Å²) in [4.78, 5) is 28.2. The van der Waals surface area contributed by atoms with Crippen LogP contribution in [0.1, 0.15) is 60.0 Å². The number of nitrogens with zero attached hydrogens (tertiary/aromatic N) is 2. The third kappa shape index (κ3) is 5.07. The fourth-order valence-corrected chi connectivity index (χ4v) is 7.34. The molecule has 2 heterocycles. The number of sulfonamides is 1. The van der Waals surface area contributed by atoms with E-state index in [1.807, 2.05) is 47.4 Å². The molecule has 1 amide bonds. The summed E-state index contributed by atoms with van der Waals surface area (Å²) in [6, 6.07) is 15.0. The molecule has 0 bridgehead atoms. The van der Waals surface area contributed by atoms with Crippen LogP contribution in [0.25, 0.3) is 0 Å². The zero-order valence-electron chi connectivity index (χ0n) is 20.2. The first-order valence-corrected chi connectivity index (χ1v) is 14.4. The van der Waals surface area contributed by atoms with Crippen molar-refractivity contribution in [2.24, 2.45) is 11.8 Å². The van der Waals surface area contributed by atoms with Crippen LogP contribution in [0.15, 0.2) is 53.4 Å². The average Bonchev–Trinajstić information content (AvgIpc) is 2.92. The quantitative estimate of drug-likeness (QED) is 0.587. The molecule has 0 N–H and O–H groups in total. The third-order valence-corrected chi connectivity index (χ3v) is 9.89. The van der Waals surface area contributed by atoms with E-state index < -0.39 is 10.0 Å². The second-order valence-corrected chi connectivity index (χ2v) is 12.1. The predicted octanol–water partition coefficient (Wildman–Crippen LogP) is 4.09. The van der Waals surface area contributed by atoms with Gasteiger partial charge in [0.25, 0.3) is 0 Å². The minimum atomic E-state index is -3.54. The Hall–Kier alpha value is -2.51. The highest BCUT2D eigenvalue weighted by atomic mass is 32.2. The number of Topliss-reactive ketones (excluding diaryl/α,β-unsaturated/α-hetero) is 1. The molecule has 0 spiro atoms. The Balaban J connectivity index is 1.15. The second-order valence-electron chi connectivity index (χ2n) is 10.1. The zero-order chi connectivity index (χ0) is 24.4. The molecule has 0 atom stereocenters. The Labute approximate surface area is 208 Å². The van der Waals surface area contributed by atoms with Crippen LogP contribution in [0.5, 0.6) is 0 Å². The first-order valence-electron chi connectivity index (χ1n) is 12.9. The standard InChI is InChI=1S/C28H34N2O4S/c31-27(22-7-2-1-3-8-22)23-12-16-29(17-13-23)28(32)24-14-18-30(19-15-24)35(33,34)26-11-10-21-6-4-5-9-25(21)20-26/h1-3,7-8,10-11,20,23-24H,4-6,9,12-19H2. The van der Waals surface area contributed by atoms with Gasteiger partial charge in [-0.15, -0.1) is 0 Å². The van der Waals surface area contributed by atoms with Gasteiger partial charge in [0.05, 0.1) is 4.90 Å². The lowest BCUT2D eigenvalue weighted by Crippen LogP contribution is -2.47. The fraction of sp³-hybridized carbons (Fsp3) is 0.500. The van der Waals surface area contributed by atoms with Crippen LogP contribution in [-0.4, -0.2) is 55.5 Å². The molecule has 0 saturated carbocycles. The van der Waals surface area contributed by atoms with E-state index in [1.54, 1.807) is 10.4 Å². The molecule has 0 aromatic heterocycles. The van der Waals surface area contributed by atoms with Gasteiger partial charge in [-0.1, -0.05) is 36.4 Å². The largest absolute Gasteiger partial charge is 0.342 e. The number of carbonyl (C=O) groups is 2. The molecule has 2 saturated heterocycles. The van der Waals surface area contributed by atoms with Gasteiger partial charge in [-0.25, -0.2) is 8.42 Å². The van der Waals surface area contributed by atoms with Gasteiger partial charge in [0.15, 0.2) is 5.78 Å². The van der Waals surface area contributed by atoms with Gasteiger partial charge in [-0.2, -0.15) is 4.31 Å². The van der Waals surface area contributed by atoms with Gasteiger partial charge >= 0.3 is 0 Å². The van der Waals surface area contributed by atoms with Gasteiger partial charge in [0.1, 0.15) is 0 Å². The highest BCUT2D eigenvalue weighted by Gasteiger charge is 2.36. The van der Waals surface area contributed by atoms with E-state index in [2.05, 4.69) is 0 Å². The normalized spacial score (nSPS) is 20.4. The summed E-state index contributed by atoms with van der Waals surface area (Å²) in [7, 11) is -3.54. The smallest absolute Gasteiger partial charge is 0.243 e. The Morgan fingerprint density at radius 3 is 2.06 bits per heavy atom. The summed E-state index contributed by atoms with van der Waals surface area (Å²) in [5.74, 6) is 0.0937. The van der Waals surface area contributed by atoms with Gasteiger partial charge < -0.3 is 4.90 Å². The SMILES string of the molecule is O=C(c1ccccc1)C1CCN(C(=O)C2CCN(S(=O)(=O)c3ccc4c(c3)CCCC4)CC2)CC1. The predicted molar refractivity (Wildman–Crippen MR) is 135 cm³/mol. The van der Waals surface area contributed by atoms with Crippen molar-refractivity contribution in [2.45, 2.75) is 56.3 Å². The van der Waals surface area contributed by atoms with Crippen LogP contribution >= 0.6 is 0 Å². The first kappa shape index (κ1) is 24.2. The van der Waals surface area contributed by atoms with Crippen molar-refractivity contribution in [1.82, 2.24) is 9.21 Å².